The van der Waals surface area contributed by atoms with Crippen LogP contribution >= 0.6 is 0 Å². The Hall–Kier alpha value is -6.76. The van der Waals surface area contributed by atoms with Crippen LogP contribution in [-0.4, -0.2) is 0 Å². The average Bonchev–Trinajstić information content (AvgIpc) is 3.70. The molecule has 0 heteroatoms. The normalized spacial score (nSPS) is 14.9. The Labute approximate surface area is 416 Å². The molecule has 0 aromatic heterocycles. The Bertz CT molecular complexity index is 3790. The molecular formula is C70H66. The first-order chi connectivity index (χ1) is 33.1. The fourth-order valence-electron chi connectivity index (χ4n) is 12.3. The molecule has 0 saturated carbocycles. The summed E-state index contributed by atoms with van der Waals surface area (Å²) in [6.07, 6.45) is 0. The SMILES string of the molecule is CC(C)(C)c1ccc2c(c1)C(C)(C)c1cc(C(C)(C)C)cc(-c3ccc4c(c3)C(C)(C)c3cc(-c5cccc(-c6cccc(-c7ccc8ccc9cc(C(C)(C)C)cc%10ccc7c8c9%10)c6)c5)ccc3-4)c1-2. The van der Waals surface area contributed by atoms with E-state index in [4.69, 9.17) is 0 Å². The number of hydrogen-bond acceptors (Lipinski definition) is 0. The van der Waals surface area contributed by atoms with Crippen molar-refractivity contribution in [2.24, 2.45) is 0 Å². The quantitative estimate of drug-likeness (QED) is 0.154. The van der Waals surface area contributed by atoms with E-state index >= 15 is 0 Å². The molecule has 0 N–H and O–H groups in total. The Kier molecular flexibility index (Phi) is 9.45. The molecule has 2 aliphatic carbocycles. The molecule has 0 radical (unpaired) electrons. The summed E-state index contributed by atoms with van der Waals surface area (Å²) in [5.74, 6) is 0. The molecule has 0 aliphatic heterocycles. The van der Waals surface area contributed by atoms with Crippen molar-refractivity contribution in [3.63, 3.8) is 0 Å². The lowest BCUT2D eigenvalue weighted by Crippen LogP contribution is -2.19. The van der Waals surface area contributed by atoms with Crippen molar-refractivity contribution < 1.29 is 0 Å². The standard InChI is InChI=1S/C70H66/c1-66(2,3)50-26-31-57-61(39-50)70(12,13)62-40-52(68(7,8)9)38-58(65(57)62)47-24-29-55-54-28-23-45(36-59(54)69(10,11)60(55)37-47)43-17-14-16-42(32-43)44-18-15-19-46(33-44)53-27-22-41-20-21-48-34-51(67(4,5)6)35-49-25-30-56(53)64(41)63(48)49/h14-40H,1-13H3. The Balaban J connectivity index is 0.900. The first-order valence-corrected chi connectivity index (χ1v) is 25.6. The maximum absolute atomic E-state index is 2.53. The molecule has 0 bridgehead atoms. The van der Waals surface area contributed by atoms with E-state index in [1.54, 1.807) is 0 Å². The Morgan fingerprint density at radius 1 is 0.286 bits per heavy atom. The zero-order valence-electron chi connectivity index (χ0n) is 43.6. The minimum Gasteiger partial charge on any atom is -0.0610 e. The van der Waals surface area contributed by atoms with Crippen LogP contribution in [0.1, 0.15) is 129 Å². The molecule has 70 heavy (non-hydrogen) atoms. The second-order valence-electron chi connectivity index (χ2n) is 25.1. The van der Waals surface area contributed by atoms with E-state index in [9.17, 15) is 0 Å². The number of rotatable bonds is 4. The van der Waals surface area contributed by atoms with Crippen LogP contribution in [0, 0.1) is 0 Å². The molecule has 10 aromatic carbocycles. The summed E-state index contributed by atoms with van der Waals surface area (Å²) in [5, 5.41) is 7.98. The maximum atomic E-state index is 2.53. The first-order valence-electron chi connectivity index (χ1n) is 25.6. The summed E-state index contributed by atoms with van der Waals surface area (Å²) in [5.41, 5.74) is 25.3. The van der Waals surface area contributed by atoms with Gasteiger partial charge in [0.15, 0.2) is 0 Å². The number of benzene rings is 10. The highest BCUT2D eigenvalue weighted by molar-refractivity contribution is 6.25. The fraction of sp³-hybridized carbons (Fsp3) is 0.257. The lowest BCUT2D eigenvalue weighted by atomic mass is 9.76. The zero-order valence-corrected chi connectivity index (χ0v) is 43.6. The third kappa shape index (κ3) is 6.77. The number of hydrogen-bond donors (Lipinski definition) is 0. The van der Waals surface area contributed by atoms with Gasteiger partial charge in [0.05, 0.1) is 0 Å². The molecule has 10 aromatic rings. The van der Waals surface area contributed by atoms with Gasteiger partial charge in [0.2, 0.25) is 0 Å². The van der Waals surface area contributed by atoms with Crippen molar-refractivity contribution in [2.75, 3.05) is 0 Å². The van der Waals surface area contributed by atoms with E-state index in [0.717, 1.165) is 0 Å². The number of fused-ring (bicyclic) bond motifs is 6. The molecule has 0 spiro atoms. The summed E-state index contributed by atoms with van der Waals surface area (Å²) in [6.45, 7) is 30.7. The Morgan fingerprint density at radius 2 is 0.714 bits per heavy atom. The summed E-state index contributed by atoms with van der Waals surface area (Å²) >= 11 is 0. The predicted octanol–water partition coefficient (Wildman–Crippen LogP) is 19.8. The topological polar surface area (TPSA) is 0 Å². The molecule has 2 aliphatic rings. The van der Waals surface area contributed by atoms with Gasteiger partial charge in [-0.1, -0.05) is 223 Å². The van der Waals surface area contributed by atoms with Crippen LogP contribution in [0.3, 0.4) is 0 Å². The fourth-order valence-corrected chi connectivity index (χ4v) is 12.3. The second kappa shape index (κ2) is 14.9. The van der Waals surface area contributed by atoms with E-state index < -0.39 is 0 Å². The monoisotopic (exact) mass is 907 g/mol. The van der Waals surface area contributed by atoms with Crippen LogP contribution in [0.5, 0.6) is 0 Å². The highest BCUT2D eigenvalue weighted by Gasteiger charge is 2.40. The van der Waals surface area contributed by atoms with Crippen LogP contribution < -0.4 is 0 Å². The predicted molar refractivity (Wildman–Crippen MR) is 303 cm³/mol. The van der Waals surface area contributed by atoms with Crippen LogP contribution in [0.15, 0.2) is 164 Å². The van der Waals surface area contributed by atoms with Gasteiger partial charge in [-0.3, -0.25) is 0 Å². The lowest BCUT2D eigenvalue weighted by molar-refractivity contribution is 0.580. The van der Waals surface area contributed by atoms with Gasteiger partial charge in [-0.15, -0.1) is 0 Å². The average molecular weight is 907 g/mol. The molecule has 0 nitrogen and oxygen atoms in total. The minimum atomic E-state index is -0.179. The second-order valence-corrected chi connectivity index (χ2v) is 25.1. The van der Waals surface area contributed by atoms with Gasteiger partial charge in [0.25, 0.3) is 0 Å². The summed E-state index contributed by atoms with van der Waals surface area (Å²) in [6, 6.07) is 63.9. The van der Waals surface area contributed by atoms with Crippen molar-refractivity contribution in [1.82, 2.24) is 0 Å². The van der Waals surface area contributed by atoms with Gasteiger partial charge in [0, 0.05) is 10.8 Å². The van der Waals surface area contributed by atoms with Crippen LogP contribution in [0.25, 0.3) is 99.1 Å². The van der Waals surface area contributed by atoms with E-state index in [-0.39, 0.29) is 27.1 Å². The van der Waals surface area contributed by atoms with Crippen molar-refractivity contribution in [2.45, 2.75) is 117 Å². The molecular weight excluding hydrogens is 841 g/mol. The highest BCUT2D eigenvalue weighted by atomic mass is 14.4. The maximum Gasteiger partial charge on any atom is 0.0159 e. The van der Waals surface area contributed by atoms with E-state index in [1.165, 1.54) is 138 Å². The highest BCUT2D eigenvalue weighted by Crippen LogP contribution is 2.56. The van der Waals surface area contributed by atoms with Crippen molar-refractivity contribution >= 4 is 32.3 Å². The third-order valence-corrected chi connectivity index (χ3v) is 16.7. The minimum absolute atomic E-state index is 0.0101. The summed E-state index contributed by atoms with van der Waals surface area (Å²) in [4.78, 5) is 0. The molecule has 0 amide bonds. The molecule has 0 heterocycles. The Morgan fingerprint density at radius 3 is 1.34 bits per heavy atom. The van der Waals surface area contributed by atoms with Crippen LogP contribution in [0.2, 0.25) is 0 Å². The van der Waals surface area contributed by atoms with Gasteiger partial charge >= 0.3 is 0 Å². The van der Waals surface area contributed by atoms with Gasteiger partial charge in [-0.25, -0.2) is 0 Å². The van der Waals surface area contributed by atoms with E-state index in [1.807, 2.05) is 0 Å². The summed E-state index contributed by atoms with van der Waals surface area (Å²) < 4.78 is 0. The largest absolute Gasteiger partial charge is 0.0610 e. The van der Waals surface area contributed by atoms with Gasteiger partial charge in [0.1, 0.15) is 0 Å². The molecule has 0 saturated heterocycles. The molecule has 12 rings (SSSR count). The van der Waals surface area contributed by atoms with E-state index in [2.05, 4.69) is 254 Å². The molecule has 0 atom stereocenters. The van der Waals surface area contributed by atoms with Crippen LogP contribution in [0.4, 0.5) is 0 Å². The van der Waals surface area contributed by atoms with Crippen molar-refractivity contribution in [1.29, 1.82) is 0 Å². The molecule has 346 valence electrons. The van der Waals surface area contributed by atoms with Crippen LogP contribution in [-0.2, 0) is 27.1 Å². The third-order valence-electron chi connectivity index (χ3n) is 16.7. The van der Waals surface area contributed by atoms with Crippen molar-refractivity contribution in [3.05, 3.63) is 203 Å². The van der Waals surface area contributed by atoms with Crippen molar-refractivity contribution in [3.8, 4) is 66.8 Å². The molecule has 0 fully saturated rings. The van der Waals surface area contributed by atoms with E-state index in [0.29, 0.717) is 0 Å². The van der Waals surface area contributed by atoms with Gasteiger partial charge in [-0.05, 0) is 185 Å². The summed E-state index contributed by atoms with van der Waals surface area (Å²) in [7, 11) is 0. The lowest BCUT2D eigenvalue weighted by Gasteiger charge is -2.28. The van der Waals surface area contributed by atoms with Gasteiger partial charge in [-0.2, -0.15) is 0 Å². The smallest absolute Gasteiger partial charge is 0.0159 e. The molecule has 0 unspecified atom stereocenters. The first kappa shape index (κ1) is 44.4. The van der Waals surface area contributed by atoms with Gasteiger partial charge < -0.3 is 0 Å². The zero-order chi connectivity index (χ0) is 49.0.